The van der Waals surface area contributed by atoms with Crippen LogP contribution in [0.1, 0.15) is 6.92 Å². The van der Waals surface area contributed by atoms with Crippen molar-refractivity contribution in [1.29, 1.82) is 0 Å². The molecule has 1 aliphatic heterocycles. The summed E-state index contributed by atoms with van der Waals surface area (Å²) < 4.78 is 10.8. The highest BCUT2D eigenvalue weighted by atomic mass is 16.7. The second kappa shape index (κ2) is 8.69. The summed E-state index contributed by atoms with van der Waals surface area (Å²) in [5.74, 6) is 0.622. The fourth-order valence-electron chi connectivity index (χ4n) is 2.70. The number of imidazole rings is 1. The molecule has 5 atom stereocenters. The van der Waals surface area contributed by atoms with E-state index in [9.17, 15) is 20.4 Å². The topological polar surface area (TPSA) is 166 Å². The van der Waals surface area contributed by atoms with Crippen molar-refractivity contribution in [1.82, 2.24) is 19.9 Å². The summed E-state index contributed by atoms with van der Waals surface area (Å²) in [4.78, 5) is 15.2. The Morgan fingerprint density at radius 2 is 2.07 bits per heavy atom. The van der Waals surface area contributed by atoms with Gasteiger partial charge in [0.15, 0.2) is 17.8 Å². The van der Waals surface area contributed by atoms with Crippen molar-refractivity contribution in [2.75, 3.05) is 25.1 Å². The monoisotopic (exact) mass is 381 g/mol. The highest BCUT2D eigenvalue weighted by molar-refractivity contribution is 5.81. The highest BCUT2D eigenvalue weighted by Crippen LogP contribution is 2.22. The summed E-state index contributed by atoms with van der Waals surface area (Å²) in [7, 11) is 0. The molecule has 148 valence electrons. The number of aromatic amines is 1. The summed E-state index contributed by atoms with van der Waals surface area (Å²) in [6.07, 6.45) is -1.58. The van der Waals surface area contributed by atoms with Gasteiger partial charge in [-0.3, -0.25) is 0 Å². The van der Waals surface area contributed by atoms with E-state index in [0.29, 0.717) is 23.5 Å². The lowest BCUT2D eigenvalue weighted by Gasteiger charge is -2.39. The molecule has 2 aromatic heterocycles. The fraction of sp³-hybridized carbons (Fsp3) is 0.562. The third-order valence-corrected chi connectivity index (χ3v) is 4.27. The predicted molar refractivity (Wildman–Crippen MR) is 93.6 cm³/mol. The lowest BCUT2D eigenvalue weighted by molar-refractivity contribution is -0.299. The predicted octanol–water partition coefficient (Wildman–Crippen LogP) is -1.47. The maximum Gasteiger partial charge on any atom is 0.187 e. The SMILES string of the molecule is C/C(=C\CNc1ncnc2nc[nH]c12)CO[C@@H]1O[C@H](CO)[C@@H](O)[C@H](O)[C@H]1O. The Hall–Kier alpha value is -2.15. The van der Waals surface area contributed by atoms with Gasteiger partial charge in [-0.15, -0.1) is 0 Å². The Bertz CT molecular complexity index is 782. The van der Waals surface area contributed by atoms with Crippen LogP contribution in [0, 0.1) is 0 Å². The maximum atomic E-state index is 9.94. The molecule has 27 heavy (non-hydrogen) atoms. The average molecular weight is 381 g/mol. The number of ether oxygens (including phenoxy) is 2. The molecule has 0 unspecified atom stereocenters. The van der Waals surface area contributed by atoms with Crippen molar-refractivity contribution in [3.05, 3.63) is 24.3 Å². The number of aliphatic hydroxyl groups is 4. The van der Waals surface area contributed by atoms with Crippen LogP contribution in [0.25, 0.3) is 11.2 Å². The van der Waals surface area contributed by atoms with E-state index in [1.807, 2.05) is 13.0 Å². The molecule has 2 aromatic rings. The van der Waals surface area contributed by atoms with Crippen LogP contribution >= 0.6 is 0 Å². The smallest absolute Gasteiger partial charge is 0.187 e. The molecule has 0 amide bonds. The molecule has 3 heterocycles. The molecule has 0 spiro atoms. The van der Waals surface area contributed by atoms with E-state index in [1.165, 1.54) is 6.33 Å². The van der Waals surface area contributed by atoms with Gasteiger partial charge in [-0.25, -0.2) is 15.0 Å². The van der Waals surface area contributed by atoms with E-state index < -0.39 is 37.3 Å². The number of aliphatic hydroxyl groups excluding tert-OH is 4. The number of aromatic nitrogens is 4. The number of fused-ring (bicyclic) bond motifs is 1. The van der Waals surface area contributed by atoms with E-state index in [2.05, 4.69) is 25.3 Å². The van der Waals surface area contributed by atoms with Gasteiger partial charge >= 0.3 is 0 Å². The van der Waals surface area contributed by atoms with Gasteiger partial charge in [0.2, 0.25) is 0 Å². The van der Waals surface area contributed by atoms with Crippen LogP contribution < -0.4 is 5.32 Å². The Kier molecular flexibility index (Phi) is 6.31. The molecule has 3 rings (SSSR count). The summed E-state index contributed by atoms with van der Waals surface area (Å²) >= 11 is 0. The molecule has 0 radical (unpaired) electrons. The first-order valence-electron chi connectivity index (χ1n) is 8.47. The number of nitrogens with one attached hydrogen (secondary N) is 2. The first kappa shape index (κ1) is 19.6. The molecular formula is C16H23N5O6. The van der Waals surface area contributed by atoms with Gasteiger partial charge in [0.1, 0.15) is 36.3 Å². The minimum Gasteiger partial charge on any atom is -0.394 e. The molecular weight excluding hydrogens is 358 g/mol. The molecule has 6 N–H and O–H groups in total. The van der Waals surface area contributed by atoms with E-state index in [1.54, 1.807) is 6.33 Å². The Morgan fingerprint density at radius 1 is 1.26 bits per heavy atom. The van der Waals surface area contributed by atoms with Crippen molar-refractivity contribution in [3.63, 3.8) is 0 Å². The average Bonchev–Trinajstić information content (AvgIpc) is 3.15. The Balaban J connectivity index is 1.51. The zero-order valence-corrected chi connectivity index (χ0v) is 14.7. The van der Waals surface area contributed by atoms with Crippen LogP contribution in [0.2, 0.25) is 0 Å². The van der Waals surface area contributed by atoms with Gasteiger partial charge in [-0.1, -0.05) is 6.08 Å². The number of H-pyrrole nitrogens is 1. The second-order valence-corrected chi connectivity index (χ2v) is 6.26. The van der Waals surface area contributed by atoms with Crippen LogP contribution in [0.5, 0.6) is 0 Å². The summed E-state index contributed by atoms with van der Waals surface area (Å²) in [5, 5.41) is 41.8. The van der Waals surface area contributed by atoms with Gasteiger partial charge in [-0.2, -0.15) is 0 Å². The van der Waals surface area contributed by atoms with Gasteiger partial charge < -0.3 is 40.2 Å². The summed E-state index contributed by atoms with van der Waals surface area (Å²) in [5.41, 5.74) is 2.12. The van der Waals surface area contributed by atoms with Gasteiger partial charge in [0.05, 0.1) is 19.5 Å². The minimum atomic E-state index is -1.46. The largest absolute Gasteiger partial charge is 0.394 e. The van der Waals surface area contributed by atoms with E-state index in [-0.39, 0.29) is 6.61 Å². The van der Waals surface area contributed by atoms with Crippen molar-refractivity contribution in [3.8, 4) is 0 Å². The molecule has 1 fully saturated rings. The summed E-state index contributed by atoms with van der Waals surface area (Å²) in [6.45, 7) is 1.94. The molecule has 11 nitrogen and oxygen atoms in total. The molecule has 1 saturated heterocycles. The zero-order valence-electron chi connectivity index (χ0n) is 14.7. The first-order chi connectivity index (χ1) is 13.0. The number of hydrogen-bond donors (Lipinski definition) is 6. The lowest BCUT2D eigenvalue weighted by atomic mass is 9.99. The van der Waals surface area contributed by atoms with Crippen LogP contribution in [0.15, 0.2) is 24.3 Å². The molecule has 0 aromatic carbocycles. The van der Waals surface area contributed by atoms with Crippen molar-refractivity contribution >= 4 is 17.0 Å². The minimum absolute atomic E-state index is 0.133. The van der Waals surface area contributed by atoms with E-state index >= 15 is 0 Å². The Labute approximate surface area is 154 Å². The van der Waals surface area contributed by atoms with Crippen molar-refractivity contribution in [2.24, 2.45) is 0 Å². The number of rotatable bonds is 7. The van der Waals surface area contributed by atoms with Crippen LogP contribution in [0.3, 0.4) is 0 Å². The molecule has 11 heteroatoms. The fourth-order valence-corrected chi connectivity index (χ4v) is 2.70. The van der Waals surface area contributed by atoms with E-state index in [4.69, 9.17) is 9.47 Å². The first-order valence-corrected chi connectivity index (χ1v) is 8.47. The van der Waals surface area contributed by atoms with Gasteiger partial charge in [0.25, 0.3) is 0 Å². The third-order valence-electron chi connectivity index (χ3n) is 4.27. The number of nitrogens with zero attached hydrogens (tertiary/aromatic N) is 3. The molecule has 1 aliphatic rings. The normalized spacial score (nSPS) is 29.2. The molecule has 0 bridgehead atoms. The quantitative estimate of drug-likeness (QED) is 0.312. The molecule has 0 saturated carbocycles. The van der Waals surface area contributed by atoms with Gasteiger partial charge in [-0.05, 0) is 12.5 Å². The summed E-state index contributed by atoms with van der Waals surface area (Å²) in [6, 6.07) is 0. The maximum absolute atomic E-state index is 9.94. The number of hydrogen-bond acceptors (Lipinski definition) is 10. The van der Waals surface area contributed by atoms with Crippen LogP contribution in [0.4, 0.5) is 5.82 Å². The van der Waals surface area contributed by atoms with Crippen molar-refractivity contribution in [2.45, 2.75) is 37.6 Å². The van der Waals surface area contributed by atoms with E-state index in [0.717, 1.165) is 5.57 Å². The van der Waals surface area contributed by atoms with Crippen LogP contribution in [-0.4, -0.2) is 90.8 Å². The van der Waals surface area contributed by atoms with Crippen molar-refractivity contribution < 1.29 is 29.9 Å². The lowest BCUT2D eigenvalue weighted by Crippen LogP contribution is -2.59. The highest BCUT2D eigenvalue weighted by Gasteiger charge is 2.43. The van der Waals surface area contributed by atoms with Gasteiger partial charge in [0, 0.05) is 6.54 Å². The molecule has 0 aliphatic carbocycles. The second-order valence-electron chi connectivity index (χ2n) is 6.26. The Morgan fingerprint density at radius 3 is 2.85 bits per heavy atom. The standard InChI is InChI=1S/C16H23N5O6/c1-8(2-3-17-14-10-15(19-6-18-10)21-7-20-14)5-26-16-13(25)12(24)11(23)9(4-22)27-16/h2,6-7,9,11-13,16,22-25H,3-5H2,1H3,(H2,17,18,19,20,21)/b8-2+/t9-,11-,12+,13-,16-/m1/s1. The zero-order chi connectivity index (χ0) is 19.4. The van der Waals surface area contributed by atoms with Crippen LogP contribution in [-0.2, 0) is 9.47 Å². The third kappa shape index (κ3) is 4.40. The number of anilines is 1.